The van der Waals surface area contributed by atoms with Gasteiger partial charge in [0.05, 0.1) is 0 Å². The first-order chi connectivity index (χ1) is 13.0. The van der Waals surface area contributed by atoms with Gasteiger partial charge >= 0.3 is 0 Å². The van der Waals surface area contributed by atoms with E-state index in [0.717, 1.165) is 5.56 Å². The molecule has 2 rings (SSSR count). The average Bonchev–Trinajstić information content (AvgIpc) is 2.70. The number of hydrogen-bond donors (Lipinski definition) is 3. The predicted octanol–water partition coefficient (Wildman–Crippen LogP) is 1.70. The fourth-order valence-electron chi connectivity index (χ4n) is 2.16. The smallest absolute Gasteiger partial charge is 0.279 e. The summed E-state index contributed by atoms with van der Waals surface area (Å²) >= 11 is 0. The Balaban J connectivity index is 1.62. The van der Waals surface area contributed by atoms with Crippen LogP contribution >= 0.6 is 0 Å². The zero-order valence-corrected chi connectivity index (χ0v) is 15.1. The number of hydrogen-bond acceptors (Lipinski definition) is 4. The van der Waals surface area contributed by atoms with Gasteiger partial charge < -0.3 is 10.1 Å². The van der Waals surface area contributed by atoms with E-state index in [1.807, 2.05) is 36.4 Å². The number of para-hydroxylation sites is 1. The molecule has 142 valence electrons. The highest BCUT2D eigenvalue weighted by molar-refractivity contribution is 5.86. The number of hydrazine groups is 1. The molecular weight excluding hydrogens is 346 g/mol. The zero-order valence-electron chi connectivity index (χ0n) is 15.1. The van der Waals surface area contributed by atoms with Crippen LogP contribution in [0.3, 0.4) is 0 Å². The molecule has 0 radical (unpaired) electrons. The van der Waals surface area contributed by atoms with Gasteiger partial charge in [0.1, 0.15) is 5.75 Å². The minimum absolute atomic E-state index is 0.0323. The topological polar surface area (TPSA) is 96.5 Å². The van der Waals surface area contributed by atoms with Crippen LogP contribution in [0.15, 0.2) is 60.7 Å². The lowest BCUT2D eigenvalue weighted by atomic mass is 10.2. The second kappa shape index (κ2) is 10.6. The van der Waals surface area contributed by atoms with Crippen molar-refractivity contribution in [3.05, 3.63) is 66.2 Å². The van der Waals surface area contributed by atoms with E-state index in [9.17, 15) is 14.4 Å². The van der Waals surface area contributed by atoms with Gasteiger partial charge in [-0.15, -0.1) is 0 Å². The summed E-state index contributed by atoms with van der Waals surface area (Å²) in [7, 11) is 0. The summed E-state index contributed by atoms with van der Waals surface area (Å²) in [6.45, 7) is 1.98. The van der Waals surface area contributed by atoms with Crippen molar-refractivity contribution in [1.82, 2.24) is 16.2 Å². The molecule has 0 spiro atoms. The van der Waals surface area contributed by atoms with Crippen molar-refractivity contribution < 1.29 is 19.1 Å². The third-order valence-corrected chi connectivity index (χ3v) is 3.66. The molecule has 2 aromatic rings. The highest BCUT2D eigenvalue weighted by atomic mass is 16.5. The van der Waals surface area contributed by atoms with E-state index < -0.39 is 17.9 Å². The molecule has 7 nitrogen and oxygen atoms in total. The number of rotatable bonds is 8. The van der Waals surface area contributed by atoms with Crippen LogP contribution in [0.1, 0.15) is 25.3 Å². The van der Waals surface area contributed by atoms with E-state index in [-0.39, 0.29) is 18.7 Å². The maximum atomic E-state index is 11.9. The predicted molar refractivity (Wildman–Crippen MR) is 100 cm³/mol. The molecule has 27 heavy (non-hydrogen) atoms. The molecule has 0 bridgehead atoms. The second-order valence-electron chi connectivity index (χ2n) is 5.87. The molecule has 0 aliphatic carbocycles. The Morgan fingerprint density at radius 1 is 0.852 bits per heavy atom. The second-order valence-corrected chi connectivity index (χ2v) is 5.87. The fraction of sp³-hybridized carbons (Fsp3) is 0.250. The number of benzene rings is 2. The maximum absolute atomic E-state index is 11.9. The SMILES string of the molecule is CC(Oc1ccccc1)C(=O)NNC(=O)CCC(=O)NCc1ccccc1. The standard InChI is InChI=1S/C20H23N3O4/c1-15(27-17-10-6-3-7-11-17)20(26)23-22-19(25)13-12-18(24)21-14-16-8-4-2-5-9-16/h2-11,15H,12-14H2,1H3,(H,21,24)(H,22,25)(H,23,26). The Labute approximate surface area is 158 Å². The third-order valence-electron chi connectivity index (χ3n) is 3.66. The normalized spacial score (nSPS) is 11.1. The Kier molecular flexibility index (Phi) is 7.84. The van der Waals surface area contributed by atoms with Gasteiger partial charge in [-0.25, -0.2) is 0 Å². The summed E-state index contributed by atoms with van der Waals surface area (Å²) < 4.78 is 5.45. The van der Waals surface area contributed by atoms with Crippen molar-refractivity contribution in [2.24, 2.45) is 0 Å². The number of carbonyl (C=O) groups excluding carboxylic acids is 3. The lowest BCUT2D eigenvalue weighted by Crippen LogP contribution is -2.47. The van der Waals surface area contributed by atoms with E-state index in [1.165, 1.54) is 0 Å². The van der Waals surface area contributed by atoms with Gasteiger partial charge in [0.2, 0.25) is 11.8 Å². The zero-order chi connectivity index (χ0) is 19.5. The van der Waals surface area contributed by atoms with Gasteiger partial charge in [-0.2, -0.15) is 0 Å². The quantitative estimate of drug-likeness (QED) is 0.617. The summed E-state index contributed by atoms with van der Waals surface area (Å²) in [5.41, 5.74) is 5.55. The lowest BCUT2D eigenvalue weighted by Gasteiger charge is -2.15. The van der Waals surface area contributed by atoms with Crippen molar-refractivity contribution in [3.63, 3.8) is 0 Å². The highest BCUT2D eigenvalue weighted by Gasteiger charge is 2.15. The number of nitrogens with one attached hydrogen (secondary N) is 3. The van der Waals surface area contributed by atoms with Gasteiger partial charge in [0.15, 0.2) is 6.10 Å². The van der Waals surface area contributed by atoms with E-state index >= 15 is 0 Å². The van der Waals surface area contributed by atoms with Crippen molar-refractivity contribution in [2.45, 2.75) is 32.4 Å². The Hall–Kier alpha value is -3.35. The van der Waals surface area contributed by atoms with Crippen molar-refractivity contribution >= 4 is 17.7 Å². The molecule has 7 heteroatoms. The molecule has 0 saturated carbocycles. The maximum Gasteiger partial charge on any atom is 0.279 e. The Morgan fingerprint density at radius 2 is 1.44 bits per heavy atom. The number of ether oxygens (including phenoxy) is 1. The molecule has 3 amide bonds. The van der Waals surface area contributed by atoms with Gasteiger partial charge in [-0.1, -0.05) is 48.5 Å². The van der Waals surface area contributed by atoms with E-state index in [4.69, 9.17) is 4.74 Å². The van der Waals surface area contributed by atoms with Crippen molar-refractivity contribution in [3.8, 4) is 5.75 Å². The summed E-state index contributed by atoms with van der Waals surface area (Å²) in [5.74, 6) is -0.617. The highest BCUT2D eigenvalue weighted by Crippen LogP contribution is 2.10. The Morgan fingerprint density at radius 3 is 2.11 bits per heavy atom. The van der Waals surface area contributed by atoms with Crippen LogP contribution in [0.5, 0.6) is 5.75 Å². The summed E-state index contributed by atoms with van der Waals surface area (Å²) in [6, 6.07) is 18.4. The molecule has 3 N–H and O–H groups in total. The van der Waals surface area contributed by atoms with Crippen LogP contribution in [0.4, 0.5) is 0 Å². The van der Waals surface area contributed by atoms with Crippen LogP contribution in [-0.4, -0.2) is 23.8 Å². The minimum Gasteiger partial charge on any atom is -0.481 e. The summed E-state index contributed by atoms with van der Waals surface area (Å²) in [5, 5.41) is 2.74. The van der Waals surface area contributed by atoms with Gasteiger partial charge in [-0.05, 0) is 24.6 Å². The van der Waals surface area contributed by atoms with Gasteiger partial charge in [0.25, 0.3) is 5.91 Å². The number of amides is 3. The van der Waals surface area contributed by atoms with Crippen LogP contribution in [0, 0.1) is 0 Å². The van der Waals surface area contributed by atoms with Crippen LogP contribution < -0.4 is 20.9 Å². The largest absolute Gasteiger partial charge is 0.481 e. The van der Waals surface area contributed by atoms with Crippen molar-refractivity contribution in [1.29, 1.82) is 0 Å². The van der Waals surface area contributed by atoms with Crippen molar-refractivity contribution in [2.75, 3.05) is 0 Å². The summed E-state index contributed by atoms with van der Waals surface area (Å²) in [6.07, 6.45) is -0.777. The molecule has 2 aromatic carbocycles. The van der Waals surface area contributed by atoms with Crippen LogP contribution in [0.25, 0.3) is 0 Å². The van der Waals surface area contributed by atoms with E-state index in [0.29, 0.717) is 12.3 Å². The average molecular weight is 369 g/mol. The first-order valence-corrected chi connectivity index (χ1v) is 8.65. The first-order valence-electron chi connectivity index (χ1n) is 8.65. The van der Waals surface area contributed by atoms with Crippen LogP contribution in [-0.2, 0) is 20.9 Å². The summed E-state index contributed by atoms with van der Waals surface area (Å²) in [4.78, 5) is 35.5. The van der Waals surface area contributed by atoms with Crippen LogP contribution in [0.2, 0.25) is 0 Å². The molecule has 0 aliphatic heterocycles. The first kappa shape index (κ1) is 20.0. The molecule has 1 atom stereocenters. The molecule has 0 fully saturated rings. The molecule has 0 saturated heterocycles. The number of carbonyl (C=O) groups is 3. The fourth-order valence-corrected chi connectivity index (χ4v) is 2.16. The monoisotopic (exact) mass is 369 g/mol. The lowest BCUT2D eigenvalue weighted by molar-refractivity contribution is -0.133. The minimum atomic E-state index is -0.776. The third kappa shape index (κ3) is 7.60. The van der Waals surface area contributed by atoms with E-state index in [2.05, 4.69) is 16.2 Å². The molecular formula is C20H23N3O4. The molecule has 1 unspecified atom stereocenters. The molecule has 0 heterocycles. The Bertz CT molecular complexity index is 750. The molecule has 0 aliphatic rings. The molecule has 0 aromatic heterocycles. The van der Waals surface area contributed by atoms with E-state index in [1.54, 1.807) is 31.2 Å². The van der Waals surface area contributed by atoms with Gasteiger partial charge in [-0.3, -0.25) is 25.2 Å². The van der Waals surface area contributed by atoms with Gasteiger partial charge in [0, 0.05) is 19.4 Å².